The minimum absolute atomic E-state index is 0.0374. The molecule has 14 amide bonds. The van der Waals surface area contributed by atoms with E-state index in [1.54, 1.807) is 205 Å². The molecule has 46 heteroatoms. The van der Waals surface area contributed by atoms with Crippen LogP contribution in [0.3, 0.4) is 0 Å². The lowest BCUT2D eigenvalue weighted by molar-refractivity contribution is -0.143. The van der Waals surface area contributed by atoms with Crippen molar-refractivity contribution in [3.8, 4) is 0 Å². The Balaban J connectivity index is 1.02. The number of H-pyrrole nitrogens is 4. The predicted octanol–water partition coefficient (Wildman–Crippen LogP) is 3.07. The summed E-state index contributed by atoms with van der Waals surface area (Å²) in [5, 5.41) is 79.4. The Morgan fingerprint density at radius 3 is 0.878 bits per heavy atom. The Bertz CT molecular complexity index is 5470. The molecule has 0 radical (unpaired) electrons. The van der Waals surface area contributed by atoms with Crippen LogP contribution >= 0.6 is 21.6 Å². The highest BCUT2D eigenvalue weighted by Gasteiger charge is 2.43. The second kappa shape index (κ2) is 58.7. The van der Waals surface area contributed by atoms with Crippen LogP contribution in [0, 0.1) is 35.5 Å². The molecule has 0 aliphatic carbocycles. The zero-order valence-electron chi connectivity index (χ0n) is 84.9. The number of aromatic nitrogens is 6. The number of nitrogens with two attached hydrogens (primary N) is 2. The van der Waals surface area contributed by atoms with Crippen LogP contribution in [0.2, 0.25) is 0 Å². The summed E-state index contributed by atoms with van der Waals surface area (Å²) in [7, 11) is 1.75. The van der Waals surface area contributed by atoms with Crippen LogP contribution in [0.15, 0.2) is 147 Å². The van der Waals surface area contributed by atoms with Gasteiger partial charge in [-0.25, -0.2) is 19.6 Å². The Labute approximate surface area is 864 Å². The van der Waals surface area contributed by atoms with Crippen molar-refractivity contribution in [2.24, 2.45) is 47.0 Å². The molecule has 0 aliphatic rings. The fourth-order valence-corrected chi connectivity index (χ4v) is 18.6. The number of rotatable bonds is 63. The van der Waals surface area contributed by atoms with Crippen molar-refractivity contribution in [2.45, 2.75) is 270 Å². The van der Waals surface area contributed by atoms with Gasteiger partial charge in [0.1, 0.15) is 84.6 Å². The summed E-state index contributed by atoms with van der Waals surface area (Å²) in [4.78, 5) is 277. The van der Waals surface area contributed by atoms with Crippen LogP contribution in [0.4, 0.5) is 0 Å². The number of benzene rings is 4. The summed E-state index contributed by atoms with van der Waals surface area (Å²) < 4.78 is 0. The zero-order chi connectivity index (χ0) is 109. The summed E-state index contributed by atoms with van der Waals surface area (Å²) in [6.45, 7) is 20.2. The Morgan fingerprint density at radius 1 is 0.304 bits per heavy atom. The van der Waals surface area contributed by atoms with Crippen molar-refractivity contribution in [1.29, 1.82) is 0 Å². The fraction of sp³-hybridized carbons (Fsp3) is 0.490. The van der Waals surface area contributed by atoms with E-state index in [9.17, 15) is 87.5 Å². The van der Waals surface area contributed by atoms with Gasteiger partial charge in [0.05, 0.1) is 49.0 Å². The molecule has 0 saturated carbocycles. The number of carbonyl (C=O) groups is 18. The summed E-state index contributed by atoms with van der Waals surface area (Å²) in [6, 6.07) is 6.62. The van der Waals surface area contributed by atoms with Gasteiger partial charge in [-0.3, -0.25) is 76.7 Å². The molecule has 0 unspecified atom stereocenters. The van der Waals surface area contributed by atoms with Crippen LogP contribution in [-0.2, 0) is 125 Å². The van der Waals surface area contributed by atoms with Crippen LogP contribution in [-0.4, -0.2) is 265 Å². The molecule has 4 aromatic heterocycles. The number of hydrogen-bond acceptors (Lipinski definition) is 24. The molecule has 20 atom stereocenters. The smallest absolute Gasteiger partial charge is 0.326 e. The molecule has 0 fully saturated rings. The molecule has 0 spiro atoms. The average Bonchev–Trinajstić information content (AvgIpc) is 1.85. The molecule has 802 valence electrons. The van der Waals surface area contributed by atoms with Crippen LogP contribution in [0.25, 0.3) is 21.8 Å². The Hall–Kier alpha value is -14.5. The largest absolute Gasteiger partial charge is 0.481 e. The number of para-hydroxylation sites is 2. The highest BCUT2D eigenvalue weighted by Crippen LogP contribution is 2.27. The first-order valence-electron chi connectivity index (χ1n) is 49.4. The quantitative estimate of drug-likeness (QED) is 0.0192. The van der Waals surface area contributed by atoms with Crippen molar-refractivity contribution in [1.82, 2.24) is 104 Å². The Morgan fingerprint density at radius 2 is 0.574 bits per heavy atom. The fourth-order valence-electron chi connectivity index (χ4n) is 16.3. The molecule has 4 heterocycles. The number of aromatic amines is 4. The van der Waals surface area contributed by atoms with E-state index in [2.05, 4.69) is 104 Å². The van der Waals surface area contributed by atoms with Gasteiger partial charge in [0.2, 0.25) is 82.7 Å². The van der Waals surface area contributed by atoms with Gasteiger partial charge in [-0.1, -0.05) is 227 Å². The normalized spacial score (nSPS) is 15.5. The number of imidazole rings is 2. The first kappa shape index (κ1) is 119. The number of carboxylic acids is 4. The van der Waals surface area contributed by atoms with Crippen LogP contribution in [0.5, 0.6) is 0 Å². The second-order valence-corrected chi connectivity index (χ2v) is 40.6. The van der Waals surface area contributed by atoms with Gasteiger partial charge in [0.15, 0.2) is 0 Å². The lowest BCUT2D eigenvalue weighted by Crippen LogP contribution is -2.62. The monoisotopic (exact) mass is 2090 g/mol. The van der Waals surface area contributed by atoms with Gasteiger partial charge < -0.3 is 126 Å². The number of carbonyl (C=O) groups excluding carboxylic acids is 14. The van der Waals surface area contributed by atoms with Gasteiger partial charge in [-0.15, -0.1) is 0 Å². The summed E-state index contributed by atoms with van der Waals surface area (Å²) in [5.74, 6) is -24.1. The van der Waals surface area contributed by atoms with E-state index in [1.807, 2.05) is 0 Å². The molecule has 8 aromatic rings. The molecule has 8 rings (SSSR count). The molecule has 148 heavy (non-hydrogen) atoms. The highest BCUT2D eigenvalue weighted by atomic mass is 33.1. The number of carboxylic acid groups (broad SMARTS) is 4. The third-order valence-electron chi connectivity index (χ3n) is 25.6. The van der Waals surface area contributed by atoms with Crippen LogP contribution in [0.1, 0.15) is 168 Å². The van der Waals surface area contributed by atoms with E-state index in [0.29, 0.717) is 35.1 Å². The van der Waals surface area contributed by atoms with E-state index < -0.39 is 276 Å². The molecule has 44 nitrogen and oxygen atoms in total. The molecule has 0 saturated heterocycles. The number of nitrogens with zero attached hydrogens (tertiary/aromatic N) is 2. The molecular formula is C102H140N22O22S2. The summed E-state index contributed by atoms with van der Waals surface area (Å²) in [5.41, 5.74) is 17.4. The highest BCUT2D eigenvalue weighted by molar-refractivity contribution is 8.76. The van der Waals surface area contributed by atoms with Crippen molar-refractivity contribution in [3.05, 3.63) is 180 Å². The van der Waals surface area contributed by atoms with Gasteiger partial charge in [0, 0.05) is 83.8 Å². The van der Waals surface area contributed by atoms with E-state index in [0.717, 1.165) is 43.4 Å². The number of aliphatic carboxylic acids is 4. The van der Waals surface area contributed by atoms with Gasteiger partial charge in [0.25, 0.3) is 0 Å². The Kier molecular flexibility index (Phi) is 47.1. The third kappa shape index (κ3) is 36.8. The number of nitrogens with one attached hydrogen (secondary N) is 18. The molecule has 26 N–H and O–H groups in total. The van der Waals surface area contributed by atoms with E-state index in [1.165, 1.54) is 25.0 Å². The molecular weight excluding hydrogens is 1950 g/mol. The topological polar surface area (TPSA) is 698 Å². The van der Waals surface area contributed by atoms with Crippen molar-refractivity contribution in [2.75, 3.05) is 11.5 Å². The van der Waals surface area contributed by atoms with E-state index in [4.69, 9.17) is 11.5 Å². The number of amides is 14. The van der Waals surface area contributed by atoms with E-state index >= 15 is 19.2 Å². The van der Waals surface area contributed by atoms with Crippen molar-refractivity contribution in [3.63, 3.8) is 0 Å². The molecule has 0 aliphatic heterocycles. The predicted molar refractivity (Wildman–Crippen MR) is 553 cm³/mol. The summed E-state index contributed by atoms with van der Waals surface area (Å²) >= 11 is 0. The van der Waals surface area contributed by atoms with Gasteiger partial charge in [-0.05, 0) is 95.6 Å². The van der Waals surface area contributed by atoms with Gasteiger partial charge in [-0.2, -0.15) is 0 Å². The zero-order valence-corrected chi connectivity index (χ0v) is 86.5. The lowest BCUT2D eigenvalue weighted by Gasteiger charge is -2.31. The van der Waals surface area contributed by atoms with Gasteiger partial charge >= 0.3 is 23.9 Å². The van der Waals surface area contributed by atoms with Crippen molar-refractivity contribution >= 4 is 150 Å². The maximum Gasteiger partial charge on any atom is 0.326 e. The standard InChI is InChI=1S/C102H140N22O22S2/c1-13-55(9)83(97(139)117-77(101(143)144)39-61-45-107-69-33-25-23-31-65(61)69)123-99(141)85(57(11)15-3)121-93(135)75(43-81(125)126)115-89(131)71(35-53(5)6)111-91(133)73(41-63-47-105-51-109-63)113-95(137)79(119-87(129)67(103)37-59-27-19-17-20-28-59)49-147-148-50-80(120-88(130)68(104)38-60-29-21-18-22-30-60)96(138)114-74(42-64-48-106-52-110-64)92(134)112-72(36-54(7)8)90(132)116-76(44-82(127)128)94(136)122-86(58(12)16-4)100(142)124-84(56(10)14-2)98(140)118-78(102(145)146)40-62-46-108-70-34-26-24-32-66(62)70/h17-34,45-48,51-58,67-68,71-80,83-86,107-108H,13-16,35-44,49-50,103-104H2,1-12H3,(H,105,109)(H,106,110)(H,111,133)(H,112,134)(H,113,137)(H,114,138)(H,115,131)(H,116,132)(H,117,139)(H,118,140)(H,119,129)(H,120,130)(H,121,135)(H,122,136)(H,123,141)(H,124,142)(H,125,126)(H,127,128)(H,143,144)(H,145,146)/t55-,56-,57-,58-,67-,68-,71-,72-,73-,74-,75-,76-,77-,78-,79-,80-,83-,84-,85-,86-/m0/s1. The second-order valence-electron chi connectivity index (χ2n) is 38.0. The minimum atomic E-state index is -1.94. The maximum absolute atomic E-state index is 15.3. The SMILES string of the molecule is CC[C@H](C)[C@H](NC(=O)[C@H](CC(=O)O)NC(=O)[C@H](CC(C)C)NC(=O)[C@H](Cc1c[nH]cn1)NC(=O)[C@H](CSSC[C@H](NC(=O)[C@@H](N)Cc1ccccc1)C(=O)N[C@@H](Cc1c[nH]cn1)C(=O)N[C@@H](CC(C)C)C(=O)N[C@@H](CC(=O)O)C(=O)N[C@H](C(=O)N[C@H](C(=O)N[C@@H](Cc1c[nH]c2ccccc12)C(=O)O)[C@@H](C)CC)[C@@H](C)CC)NC(=O)[C@@H](N)Cc1ccccc1)C(=O)N[C@H](C(=O)N[C@@H](Cc1c[nH]c2ccccc12)C(=O)O)[C@@H](C)CC. The average molecular weight is 2090 g/mol. The summed E-state index contributed by atoms with van der Waals surface area (Å²) in [6.07, 6.45) is 6.10. The molecule has 0 bridgehead atoms. The lowest BCUT2D eigenvalue weighted by atomic mass is 9.94. The molecule has 4 aromatic carbocycles. The first-order chi connectivity index (χ1) is 70.4. The first-order valence-corrected chi connectivity index (χ1v) is 51.9. The number of fused-ring (bicyclic) bond motifs is 2. The van der Waals surface area contributed by atoms with E-state index in [-0.39, 0.29) is 62.8 Å². The van der Waals surface area contributed by atoms with Crippen molar-refractivity contribution < 1.29 is 107 Å². The third-order valence-corrected chi connectivity index (χ3v) is 28.0. The van der Waals surface area contributed by atoms with Crippen LogP contribution < -0.4 is 85.9 Å². The number of hydrogen-bond donors (Lipinski definition) is 24. The minimum Gasteiger partial charge on any atom is -0.481 e. The maximum atomic E-state index is 15.3.